The lowest BCUT2D eigenvalue weighted by Crippen LogP contribution is -2.37. The van der Waals surface area contributed by atoms with Gasteiger partial charge in [-0.3, -0.25) is 13.9 Å². The van der Waals surface area contributed by atoms with Gasteiger partial charge in [0.25, 0.3) is 5.56 Å². The molecule has 0 saturated heterocycles. The van der Waals surface area contributed by atoms with Gasteiger partial charge < -0.3 is 18.8 Å². The van der Waals surface area contributed by atoms with Crippen molar-refractivity contribution < 1.29 is 14.2 Å². The third-order valence-electron chi connectivity index (χ3n) is 6.34. The van der Waals surface area contributed by atoms with E-state index in [0.717, 1.165) is 32.8 Å². The van der Waals surface area contributed by atoms with Crippen LogP contribution >= 0.6 is 0 Å². The smallest absolute Gasteiger partial charge is 0.331 e. The second kappa shape index (κ2) is 7.97. The van der Waals surface area contributed by atoms with Crippen LogP contribution in [0.3, 0.4) is 0 Å². The van der Waals surface area contributed by atoms with Crippen molar-refractivity contribution in [2.75, 3.05) is 20.8 Å². The van der Waals surface area contributed by atoms with Crippen LogP contribution in [0.5, 0.6) is 11.5 Å². The molecule has 0 spiro atoms. The van der Waals surface area contributed by atoms with E-state index in [1.54, 1.807) is 21.3 Å². The Morgan fingerprint density at radius 3 is 2.36 bits per heavy atom. The molecule has 0 fully saturated rings. The molecule has 2 aromatic heterocycles. The Balaban J connectivity index is 1.92. The molecule has 1 aliphatic heterocycles. The minimum Gasteiger partial charge on any atom is -0.497 e. The minimum absolute atomic E-state index is 0.334. The van der Waals surface area contributed by atoms with Crippen LogP contribution in [0, 0.1) is 0 Å². The predicted molar refractivity (Wildman–Crippen MR) is 125 cm³/mol. The lowest BCUT2D eigenvalue weighted by molar-refractivity contribution is 0.0464. The van der Waals surface area contributed by atoms with Crippen LogP contribution in [-0.2, 0) is 25.4 Å². The van der Waals surface area contributed by atoms with Crippen molar-refractivity contribution in [3.05, 3.63) is 80.6 Å². The van der Waals surface area contributed by atoms with Crippen LogP contribution in [0.15, 0.2) is 58.1 Å². The summed E-state index contributed by atoms with van der Waals surface area (Å²) in [6.45, 7) is 1.00. The summed E-state index contributed by atoms with van der Waals surface area (Å²) in [6.07, 6.45) is -0.498. The first-order valence-corrected chi connectivity index (χ1v) is 10.7. The Labute approximate surface area is 190 Å². The van der Waals surface area contributed by atoms with Crippen LogP contribution in [-0.4, -0.2) is 34.5 Å². The highest BCUT2D eigenvalue weighted by Gasteiger charge is 2.34. The molecule has 0 amide bonds. The molecule has 8 nitrogen and oxygen atoms in total. The molecule has 33 heavy (non-hydrogen) atoms. The second-order valence-electron chi connectivity index (χ2n) is 8.04. The molecule has 0 bridgehead atoms. The zero-order valence-corrected chi connectivity index (χ0v) is 19.0. The first-order valence-electron chi connectivity index (χ1n) is 10.7. The van der Waals surface area contributed by atoms with E-state index in [1.807, 2.05) is 48.5 Å². The first kappa shape index (κ1) is 21.1. The summed E-state index contributed by atoms with van der Waals surface area (Å²) in [5.74, 6) is 1.41. The summed E-state index contributed by atoms with van der Waals surface area (Å²) in [4.78, 5) is 26.4. The molecule has 0 aliphatic carbocycles. The lowest BCUT2D eigenvalue weighted by atomic mass is 10.0. The second-order valence-corrected chi connectivity index (χ2v) is 8.04. The van der Waals surface area contributed by atoms with Gasteiger partial charge in [-0.25, -0.2) is 4.79 Å². The molecule has 8 heteroatoms. The van der Waals surface area contributed by atoms with Crippen molar-refractivity contribution in [3.8, 4) is 22.8 Å². The summed E-state index contributed by atoms with van der Waals surface area (Å²) in [5.41, 5.74) is 3.10. The Bertz CT molecular complexity index is 1480. The zero-order valence-electron chi connectivity index (χ0n) is 19.0. The van der Waals surface area contributed by atoms with Crippen LogP contribution in [0.2, 0.25) is 0 Å². The van der Waals surface area contributed by atoms with E-state index in [4.69, 9.17) is 14.2 Å². The highest BCUT2D eigenvalue weighted by molar-refractivity contribution is 5.96. The van der Waals surface area contributed by atoms with Crippen molar-refractivity contribution in [3.63, 3.8) is 0 Å². The Morgan fingerprint density at radius 2 is 1.67 bits per heavy atom. The van der Waals surface area contributed by atoms with Gasteiger partial charge in [0.1, 0.15) is 17.6 Å². The number of rotatable bonds is 4. The van der Waals surface area contributed by atoms with E-state index >= 15 is 0 Å². The van der Waals surface area contributed by atoms with E-state index in [-0.39, 0.29) is 11.2 Å². The molecule has 4 aromatic rings. The predicted octanol–water partition coefficient (Wildman–Crippen LogP) is 2.84. The maximum Gasteiger partial charge on any atom is 0.331 e. The summed E-state index contributed by atoms with van der Waals surface area (Å²) < 4.78 is 22.0. The van der Waals surface area contributed by atoms with Gasteiger partial charge in [0.05, 0.1) is 43.1 Å². The number of hydrogen-bond donors (Lipinski definition) is 0. The van der Waals surface area contributed by atoms with Crippen molar-refractivity contribution >= 4 is 10.9 Å². The Hall–Kier alpha value is -3.78. The van der Waals surface area contributed by atoms with E-state index in [1.165, 1.54) is 11.6 Å². The van der Waals surface area contributed by atoms with E-state index in [2.05, 4.69) is 4.57 Å². The highest BCUT2D eigenvalue weighted by atomic mass is 16.5. The molecule has 3 heterocycles. The third kappa shape index (κ3) is 3.09. The largest absolute Gasteiger partial charge is 0.497 e. The first-order chi connectivity index (χ1) is 16.0. The average molecular weight is 447 g/mol. The number of hydrogen-bond acceptors (Lipinski definition) is 5. The fraction of sp³-hybridized carbons (Fsp3) is 0.280. The molecule has 0 N–H and O–H groups in total. The minimum atomic E-state index is -0.498. The van der Waals surface area contributed by atoms with Gasteiger partial charge in [0, 0.05) is 26.2 Å². The van der Waals surface area contributed by atoms with Crippen molar-refractivity contribution in [2.24, 2.45) is 14.1 Å². The van der Waals surface area contributed by atoms with Crippen molar-refractivity contribution in [2.45, 2.75) is 12.6 Å². The van der Waals surface area contributed by atoms with Gasteiger partial charge in [0.15, 0.2) is 0 Å². The number of aromatic nitrogens is 3. The fourth-order valence-electron chi connectivity index (χ4n) is 4.75. The van der Waals surface area contributed by atoms with Gasteiger partial charge in [-0.05, 0) is 35.9 Å². The number of aryl methyl sites for hydroxylation is 1. The zero-order chi connectivity index (χ0) is 23.3. The summed E-state index contributed by atoms with van der Waals surface area (Å²) in [6, 6.07) is 15.2. The Morgan fingerprint density at radius 1 is 0.939 bits per heavy atom. The standard InChI is InChI=1S/C25H25N3O5/c1-26-21-19(24(29)27(2)25(26)30)20(15-9-11-16(31-3)12-10-15)28-13-14-33-23(22(21)28)17-7-5-6-8-18(17)32-4/h5-12,23H,13-14H2,1-4H3/t23-/m0/s1. The van der Waals surface area contributed by atoms with Gasteiger partial charge in [0.2, 0.25) is 0 Å². The molecule has 0 radical (unpaired) electrons. The van der Waals surface area contributed by atoms with Gasteiger partial charge >= 0.3 is 5.69 Å². The maximum atomic E-state index is 13.4. The molecule has 0 unspecified atom stereocenters. The van der Waals surface area contributed by atoms with E-state index < -0.39 is 6.10 Å². The lowest BCUT2D eigenvalue weighted by Gasteiger charge is -2.28. The molecule has 2 aromatic carbocycles. The molecular formula is C25H25N3O5. The quantitative estimate of drug-likeness (QED) is 0.481. The maximum absolute atomic E-state index is 13.4. The normalized spacial score (nSPS) is 15.5. The highest BCUT2D eigenvalue weighted by Crippen LogP contribution is 2.42. The van der Waals surface area contributed by atoms with Crippen LogP contribution in [0.1, 0.15) is 17.4 Å². The number of ether oxygens (including phenoxy) is 3. The third-order valence-corrected chi connectivity index (χ3v) is 6.34. The molecule has 170 valence electrons. The monoisotopic (exact) mass is 447 g/mol. The molecule has 1 aliphatic rings. The number of fused-ring (bicyclic) bond motifs is 3. The number of benzene rings is 2. The van der Waals surface area contributed by atoms with Gasteiger partial charge in [-0.1, -0.05) is 18.2 Å². The van der Waals surface area contributed by atoms with Crippen LogP contribution in [0.4, 0.5) is 0 Å². The number of methoxy groups -OCH3 is 2. The summed E-state index contributed by atoms with van der Waals surface area (Å²) in [7, 11) is 6.43. The topological polar surface area (TPSA) is 76.6 Å². The molecule has 5 rings (SSSR count). The number of para-hydroxylation sites is 1. The molecule has 0 saturated carbocycles. The molecule has 1 atom stereocenters. The van der Waals surface area contributed by atoms with Gasteiger partial charge in [-0.15, -0.1) is 0 Å². The molecular weight excluding hydrogens is 422 g/mol. The van der Waals surface area contributed by atoms with Gasteiger partial charge in [-0.2, -0.15) is 0 Å². The van der Waals surface area contributed by atoms with E-state index in [9.17, 15) is 9.59 Å². The average Bonchev–Trinajstić information content (AvgIpc) is 3.21. The Kier molecular flexibility index (Phi) is 5.09. The number of nitrogens with zero attached hydrogens (tertiary/aromatic N) is 3. The summed E-state index contributed by atoms with van der Waals surface area (Å²) in [5, 5.41) is 0.491. The fourth-order valence-corrected chi connectivity index (χ4v) is 4.75. The van der Waals surface area contributed by atoms with E-state index in [0.29, 0.717) is 29.8 Å². The SMILES string of the molecule is COc1ccc(-c2c3c(=O)n(C)c(=O)n(C)c3c3n2CCO[C@H]3c2ccccc2OC)cc1. The van der Waals surface area contributed by atoms with Crippen molar-refractivity contribution in [1.29, 1.82) is 0 Å². The summed E-state index contributed by atoms with van der Waals surface area (Å²) >= 11 is 0. The van der Waals surface area contributed by atoms with Crippen LogP contribution in [0.25, 0.3) is 22.2 Å². The van der Waals surface area contributed by atoms with Crippen molar-refractivity contribution in [1.82, 2.24) is 13.7 Å². The van der Waals surface area contributed by atoms with Crippen LogP contribution < -0.4 is 20.7 Å².